The molecule has 0 aromatic heterocycles. The molecule has 150 valence electrons. The molecule has 26 heavy (non-hydrogen) atoms. The topological polar surface area (TPSA) is 0 Å². The Balaban J connectivity index is 1.61. The van der Waals surface area contributed by atoms with Crippen molar-refractivity contribution in [3.8, 4) is 0 Å². The van der Waals surface area contributed by atoms with E-state index in [1.807, 2.05) is 0 Å². The van der Waals surface area contributed by atoms with Crippen molar-refractivity contribution in [3.05, 3.63) is 0 Å². The molecule has 0 heteroatoms. The van der Waals surface area contributed by atoms with Gasteiger partial charge in [-0.1, -0.05) is 84.5 Å². The molecular formula is C26H46. The maximum Gasteiger partial charge on any atom is -0.0256 e. The minimum Gasteiger partial charge on any atom is -0.0596 e. The van der Waals surface area contributed by atoms with Crippen LogP contribution in [0.2, 0.25) is 0 Å². The van der Waals surface area contributed by atoms with Crippen LogP contribution in [0.5, 0.6) is 0 Å². The largest absolute Gasteiger partial charge is 0.0596 e. The fourth-order valence-electron chi connectivity index (χ4n) is 8.63. The molecule has 4 saturated carbocycles. The Kier molecular flexibility index (Phi) is 5.79. The smallest absolute Gasteiger partial charge is 0.0256 e. The zero-order chi connectivity index (χ0) is 18.1. The van der Waals surface area contributed by atoms with Gasteiger partial charge in [0.05, 0.1) is 0 Å². The van der Waals surface area contributed by atoms with Crippen LogP contribution in [0.3, 0.4) is 0 Å². The molecular weight excluding hydrogens is 312 g/mol. The van der Waals surface area contributed by atoms with Gasteiger partial charge in [0, 0.05) is 0 Å². The normalized spacial score (nSPS) is 36.2. The third kappa shape index (κ3) is 4.05. The van der Waals surface area contributed by atoms with E-state index in [9.17, 15) is 0 Å². The summed E-state index contributed by atoms with van der Waals surface area (Å²) < 4.78 is 0. The summed E-state index contributed by atoms with van der Waals surface area (Å²) in [6.45, 7) is 5.40. The highest BCUT2D eigenvalue weighted by atomic mass is 14.6. The summed E-state index contributed by atoms with van der Waals surface area (Å²) in [7, 11) is 0. The maximum atomic E-state index is 2.70. The van der Waals surface area contributed by atoms with Gasteiger partial charge < -0.3 is 0 Å². The Morgan fingerprint density at radius 3 is 1.62 bits per heavy atom. The van der Waals surface area contributed by atoms with Gasteiger partial charge in [0.2, 0.25) is 0 Å². The van der Waals surface area contributed by atoms with Crippen LogP contribution in [0.25, 0.3) is 0 Å². The van der Waals surface area contributed by atoms with Crippen molar-refractivity contribution < 1.29 is 0 Å². The molecule has 4 fully saturated rings. The average Bonchev–Trinajstić information content (AvgIpc) is 2.62. The average molecular weight is 359 g/mol. The zero-order valence-corrected chi connectivity index (χ0v) is 18.1. The summed E-state index contributed by atoms with van der Waals surface area (Å²) in [6.07, 6.45) is 29.3. The second kappa shape index (κ2) is 7.79. The second-order valence-corrected chi connectivity index (χ2v) is 12.0. The maximum absolute atomic E-state index is 2.70. The summed E-state index contributed by atoms with van der Waals surface area (Å²) in [5.41, 5.74) is 2.05. The van der Waals surface area contributed by atoms with Crippen molar-refractivity contribution in [2.75, 3.05) is 0 Å². The monoisotopic (exact) mass is 358 g/mol. The number of hydrogen-bond donors (Lipinski definition) is 0. The highest BCUT2D eigenvalue weighted by Crippen LogP contribution is 2.62. The van der Waals surface area contributed by atoms with Gasteiger partial charge in [-0.25, -0.2) is 0 Å². The van der Waals surface area contributed by atoms with Crippen LogP contribution < -0.4 is 0 Å². The van der Waals surface area contributed by atoms with Crippen molar-refractivity contribution in [3.63, 3.8) is 0 Å². The van der Waals surface area contributed by atoms with Crippen LogP contribution in [0.1, 0.15) is 136 Å². The molecule has 0 aliphatic heterocycles. The van der Waals surface area contributed by atoms with E-state index < -0.39 is 0 Å². The van der Waals surface area contributed by atoms with Gasteiger partial charge in [-0.2, -0.15) is 0 Å². The molecule has 4 rings (SSSR count). The van der Waals surface area contributed by atoms with E-state index in [1.54, 1.807) is 44.9 Å². The van der Waals surface area contributed by atoms with Crippen molar-refractivity contribution in [2.24, 2.45) is 28.1 Å². The lowest BCUT2D eigenvalue weighted by atomic mass is 9.48. The van der Waals surface area contributed by atoms with Crippen molar-refractivity contribution in [2.45, 2.75) is 136 Å². The van der Waals surface area contributed by atoms with E-state index in [1.165, 1.54) is 77.0 Å². The van der Waals surface area contributed by atoms with E-state index in [0.717, 1.165) is 11.8 Å². The van der Waals surface area contributed by atoms with Crippen LogP contribution in [-0.4, -0.2) is 0 Å². The molecule has 0 heterocycles. The van der Waals surface area contributed by atoms with Crippen LogP contribution in [0, 0.1) is 28.1 Å². The number of hydrogen-bond acceptors (Lipinski definition) is 0. The molecule has 4 aliphatic carbocycles. The summed E-state index contributed by atoms with van der Waals surface area (Å²) in [4.78, 5) is 0. The van der Waals surface area contributed by atoms with E-state index in [2.05, 4.69) is 13.8 Å². The highest BCUT2D eigenvalue weighted by Gasteiger charge is 2.51. The van der Waals surface area contributed by atoms with E-state index in [-0.39, 0.29) is 0 Å². The van der Waals surface area contributed by atoms with Gasteiger partial charge in [0.1, 0.15) is 0 Å². The molecule has 0 bridgehead atoms. The van der Waals surface area contributed by atoms with Gasteiger partial charge in [-0.15, -0.1) is 0 Å². The second-order valence-electron chi connectivity index (χ2n) is 12.0. The Hall–Kier alpha value is 0. The molecule has 0 aromatic rings. The van der Waals surface area contributed by atoms with Crippen molar-refractivity contribution >= 4 is 0 Å². The quantitative estimate of drug-likeness (QED) is 0.471. The van der Waals surface area contributed by atoms with Gasteiger partial charge in [0.25, 0.3) is 0 Å². The first-order chi connectivity index (χ1) is 12.5. The summed E-state index contributed by atoms with van der Waals surface area (Å²) >= 11 is 0. The lowest BCUT2D eigenvalue weighted by Crippen LogP contribution is -2.47. The first-order valence-corrected chi connectivity index (χ1v) is 12.5. The minimum absolute atomic E-state index is 0.669. The van der Waals surface area contributed by atoms with Gasteiger partial charge in [-0.3, -0.25) is 0 Å². The molecule has 0 spiro atoms. The minimum atomic E-state index is 0.669. The molecule has 0 N–H and O–H groups in total. The lowest BCUT2D eigenvalue weighted by molar-refractivity contribution is -0.0687. The zero-order valence-electron chi connectivity index (χ0n) is 18.1. The lowest BCUT2D eigenvalue weighted by Gasteiger charge is -2.57. The molecule has 2 atom stereocenters. The summed E-state index contributed by atoms with van der Waals surface area (Å²) in [5.74, 6) is 2.18. The van der Waals surface area contributed by atoms with E-state index in [4.69, 9.17) is 0 Å². The Morgan fingerprint density at radius 2 is 1.04 bits per heavy atom. The van der Waals surface area contributed by atoms with Crippen molar-refractivity contribution in [1.82, 2.24) is 0 Å². The summed E-state index contributed by atoms with van der Waals surface area (Å²) in [6, 6.07) is 0. The van der Waals surface area contributed by atoms with Gasteiger partial charge >= 0.3 is 0 Å². The molecule has 2 unspecified atom stereocenters. The molecule has 4 aliphatic rings. The predicted octanol–water partition coefficient (Wildman–Crippen LogP) is 8.68. The van der Waals surface area contributed by atoms with Gasteiger partial charge in [-0.05, 0) is 79.4 Å². The SMILES string of the molecule is CC1(CC2(CC3(C)CCCCC3)CCCC3CCCCC32)CCCCC1. The Morgan fingerprint density at radius 1 is 0.538 bits per heavy atom. The van der Waals surface area contributed by atoms with Crippen molar-refractivity contribution in [1.29, 1.82) is 0 Å². The third-order valence-electron chi connectivity index (χ3n) is 9.62. The van der Waals surface area contributed by atoms with Crippen LogP contribution in [0.4, 0.5) is 0 Å². The van der Waals surface area contributed by atoms with Crippen LogP contribution >= 0.6 is 0 Å². The Labute approximate surface area is 164 Å². The Bertz CT molecular complexity index is 421. The van der Waals surface area contributed by atoms with Crippen LogP contribution in [0.15, 0.2) is 0 Å². The molecule has 0 amide bonds. The number of rotatable bonds is 4. The van der Waals surface area contributed by atoms with E-state index >= 15 is 0 Å². The standard InChI is InChI=1S/C26H46/c1-24(15-7-3-8-16-24)20-26(21-25(2)17-9-4-10-18-25)19-11-13-22-12-5-6-14-23(22)26/h22-23H,3-21H2,1-2H3. The molecule has 0 aromatic carbocycles. The first kappa shape index (κ1) is 19.3. The summed E-state index contributed by atoms with van der Waals surface area (Å²) in [5, 5.41) is 0. The molecule has 0 nitrogen and oxygen atoms in total. The predicted molar refractivity (Wildman–Crippen MR) is 113 cm³/mol. The number of fused-ring (bicyclic) bond motifs is 1. The third-order valence-corrected chi connectivity index (χ3v) is 9.62. The fourth-order valence-corrected chi connectivity index (χ4v) is 8.63. The van der Waals surface area contributed by atoms with E-state index in [0.29, 0.717) is 16.2 Å². The highest BCUT2D eigenvalue weighted by molar-refractivity contribution is 5.02. The first-order valence-electron chi connectivity index (χ1n) is 12.5. The fraction of sp³-hybridized carbons (Fsp3) is 1.00. The van der Waals surface area contributed by atoms with Crippen LogP contribution in [-0.2, 0) is 0 Å². The molecule has 0 radical (unpaired) electrons. The molecule has 0 saturated heterocycles. The van der Waals surface area contributed by atoms with Gasteiger partial charge in [0.15, 0.2) is 0 Å².